The topological polar surface area (TPSA) is 118 Å². The summed E-state index contributed by atoms with van der Waals surface area (Å²) in [5, 5.41) is 11.4. The van der Waals surface area contributed by atoms with E-state index >= 15 is 0 Å². The van der Waals surface area contributed by atoms with Gasteiger partial charge in [-0.1, -0.05) is 11.2 Å². The largest absolute Gasteiger partial charge is 0.356 e. The number of aliphatic imine (C=N–C) groups is 1. The summed E-state index contributed by atoms with van der Waals surface area (Å²) in [7, 11) is 3.53. The van der Waals surface area contributed by atoms with Crippen molar-refractivity contribution in [3.05, 3.63) is 42.6 Å². The van der Waals surface area contributed by atoms with Gasteiger partial charge in [-0.25, -0.2) is 0 Å². The molecule has 0 radical (unpaired) electrons. The molecule has 3 aromatic heterocycles. The van der Waals surface area contributed by atoms with Gasteiger partial charge in [0.05, 0.1) is 11.9 Å². The Labute approximate surface area is 196 Å². The molecule has 31 heavy (non-hydrogen) atoms. The molecule has 1 aliphatic heterocycles. The van der Waals surface area contributed by atoms with E-state index in [0.717, 1.165) is 5.69 Å². The highest BCUT2D eigenvalue weighted by molar-refractivity contribution is 14.0. The SMILES string of the molecule is CN=C(NCCc1noc(-c2ccccn2)n1)N1CCN(c2cnn(C)c2)C(=O)C1.I. The Morgan fingerprint density at radius 1 is 1.32 bits per heavy atom. The van der Waals surface area contributed by atoms with Gasteiger partial charge in [0.15, 0.2) is 11.8 Å². The summed E-state index contributed by atoms with van der Waals surface area (Å²) < 4.78 is 6.96. The summed E-state index contributed by atoms with van der Waals surface area (Å²) in [6, 6.07) is 5.52. The lowest BCUT2D eigenvalue weighted by atomic mass is 10.3. The van der Waals surface area contributed by atoms with Crippen LogP contribution in [0.1, 0.15) is 5.82 Å². The number of rotatable bonds is 5. The number of piperazine rings is 1. The van der Waals surface area contributed by atoms with Crippen LogP contribution in [-0.4, -0.2) is 74.9 Å². The number of carbonyl (C=O) groups is 1. The van der Waals surface area contributed by atoms with Crippen molar-refractivity contribution >= 4 is 41.5 Å². The fourth-order valence-electron chi connectivity index (χ4n) is 3.24. The Balaban J connectivity index is 0.00000272. The monoisotopic (exact) mass is 537 g/mol. The van der Waals surface area contributed by atoms with Crippen molar-refractivity contribution in [2.75, 3.05) is 38.1 Å². The van der Waals surface area contributed by atoms with Gasteiger partial charge in [-0.3, -0.25) is 19.5 Å². The standard InChI is InChI=1S/C19H23N9O2.HI/c1-20-19(27-9-10-28(17(29)13-27)14-11-23-26(2)12-14)22-8-6-16-24-18(30-25-16)15-5-3-4-7-21-15;/h3-5,7,11-12H,6,8-10,13H2,1-2H3,(H,20,22);1H. The summed E-state index contributed by atoms with van der Waals surface area (Å²) in [5.74, 6) is 1.65. The van der Waals surface area contributed by atoms with Crippen molar-refractivity contribution in [2.24, 2.45) is 12.0 Å². The molecule has 0 unspecified atom stereocenters. The first kappa shape index (κ1) is 22.7. The normalized spacial score (nSPS) is 14.5. The second-order valence-corrected chi connectivity index (χ2v) is 6.79. The first-order valence-corrected chi connectivity index (χ1v) is 9.62. The van der Waals surface area contributed by atoms with Crippen LogP contribution < -0.4 is 10.2 Å². The maximum atomic E-state index is 12.6. The number of carbonyl (C=O) groups excluding carboxylic acids is 1. The smallest absolute Gasteiger partial charge is 0.276 e. The van der Waals surface area contributed by atoms with Crippen LogP contribution in [0.5, 0.6) is 0 Å². The minimum Gasteiger partial charge on any atom is -0.356 e. The van der Waals surface area contributed by atoms with Crippen LogP contribution >= 0.6 is 24.0 Å². The number of amides is 1. The van der Waals surface area contributed by atoms with Gasteiger partial charge in [0.25, 0.3) is 5.89 Å². The second kappa shape index (κ2) is 10.3. The molecular weight excluding hydrogens is 513 g/mol. The third-order valence-electron chi connectivity index (χ3n) is 4.72. The van der Waals surface area contributed by atoms with Gasteiger partial charge in [-0.05, 0) is 12.1 Å². The van der Waals surface area contributed by atoms with E-state index in [2.05, 4.69) is 30.5 Å². The van der Waals surface area contributed by atoms with Crippen LogP contribution in [0.3, 0.4) is 0 Å². The number of hydrogen-bond donors (Lipinski definition) is 1. The molecule has 0 aromatic carbocycles. The third kappa shape index (κ3) is 5.37. The Morgan fingerprint density at radius 2 is 2.19 bits per heavy atom. The Kier molecular flexibility index (Phi) is 7.55. The van der Waals surface area contributed by atoms with Crippen LogP contribution in [0.2, 0.25) is 0 Å². The van der Waals surface area contributed by atoms with Crippen molar-refractivity contribution in [1.82, 2.24) is 35.1 Å². The maximum absolute atomic E-state index is 12.6. The fourth-order valence-corrected chi connectivity index (χ4v) is 3.24. The Hall–Kier alpha value is -3.03. The average molecular weight is 537 g/mol. The molecule has 1 fully saturated rings. The molecule has 12 heteroatoms. The molecule has 0 bridgehead atoms. The molecule has 0 spiro atoms. The van der Waals surface area contributed by atoms with Gasteiger partial charge >= 0.3 is 0 Å². The number of nitrogens with zero attached hydrogens (tertiary/aromatic N) is 8. The van der Waals surface area contributed by atoms with Crippen molar-refractivity contribution < 1.29 is 9.32 Å². The van der Waals surface area contributed by atoms with Gasteiger partial charge in [0.1, 0.15) is 12.2 Å². The van der Waals surface area contributed by atoms with Crippen LogP contribution in [0, 0.1) is 0 Å². The Bertz CT molecular complexity index is 1030. The summed E-state index contributed by atoms with van der Waals surface area (Å²) >= 11 is 0. The summed E-state index contributed by atoms with van der Waals surface area (Å²) in [6.45, 7) is 2.06. The van der Waals surface area contributed by atoms with Gasteiger partial charge in [0, 0.05) is 52.5 Å². The van der Waals surface area contributed by atoms with Gasteiger partial charge in [-0.2, -0.15) is 10.1 Å². The quantitative estimate of drug-likeness (QED) is 0.291. The predicted molar refractivity (Wildman–Crippen MR) is 125 cm³/mol. The third-order valence-corrected chi connectivity index (χ3v) is 4.72. The Morgan fingerprint density at radius 3 is 2.87 bits per heavy atom. The van der Waals surface area contributed by atoms with Gasteiger partial charge < -0.3 is 19.6 Å². The number of aryl methyl sites for hydroxylation is 1. The molecule has 164 valence electrons. The summed E-state index contributed by atoms with van der Waals surface area (Å²) in [4.78, 5) is 29.1. The molecule has 3 aromatic rings. The number of hydrogen-bond acceptors (Lipinski definition) is 7. The van der Waals surface area contributed by atoms with E-state index < -0.39 is 0 Å². The molecule has 0 aliphatic carbocycles. The lowest BCUT2D eigenvalue weighted by Gasteiger charge is -2.35. The fraction of sp³-hybridized carbons (Fsp3) is 0.368. The highest BCUT2D eigenvalue weighted by atomic mass is 127. The summed E-state index contributed by atoms with van der Waals surface area (Å²) in [6.07, 6.45) is 5.77. The molecule has 1 N–H and O–H groups in total. The second-order valence-electron chi connectivity index (χ2n) is 6.79. The minimum absolute atomic E-state index is 0. The zero-order chi connectivity index (χ0) is 20.9. The zero-order valence-electron chi connectivity index (χ0n) is 17.3. The van der Waals surface area contributed by atoms with E-state index in [-0.39, 0.29) is 36.4 Å². The lowest BCUT2D eigenvalue weighted by molar-refractivity contribution is -0.120. The van der Waals surface area contributed by atoms with Crippen molar-refractivity contribution in [3.8, 4) is 11.6 Å². The van der Waals surface area contributed by atoms with E-state index in [1.807, 2.05) is 36.3 Å². The van der Waals surface area contributed by atoms with E-state index in [1.54, 1.807) is 29.0 Å². The van der Waals surface area contributed by atoms with Crippen LogP contribution in [0.4, 0.5) is 5.69 Å². The van der Waals surface area contributed by atoms with E-state index in [4.69, 9.17) is 4.52 Å². The number of halogens is 1. The highest BCUT2D eigenvalue weighted by Crippen LogP contribution is 2.16. The van der Waals surface area contributed by atoms with Gasteiger partial charge in [-0.15, -0.1) is 24.0 Å². The molecular formula is C19H24IN9O2. The predicted octanol–water partition coefficient (Wildman–Crippen LogP) is 0.950. The molecule has 1 aliphatic rings. The average Bonchev–Trinajstić information content (AvgIpc) is 3.41. The van der Waals surface area contributed by atoms with Crippen molar-refractivity contribution in [1.29, 1.82) is 0 Å². The van der Waals surface area contributed by atoms with E-state index in [0.29, 0.717) is 49.4 Å². The molecule has 4 heterocycles. The van der Waals surface area contributed by atoms with E-state index in [9.17, 15) is 4.79 Å². The molecule has 1 amide bonds. The lowest BCUT2D eigenvalue weighted by Crippen LogP contribution is -2.55. The zero-order valence-corrected chi connectivity index (χ0v) is 19.6. The first-order chi connectivity index (χ1) is 14.6. The molecule has 0 saturated carbocycles. The van der Waals surface area contributed by atoms with Crippen LogP contribution in [0.15, 0.2) is 46.3 Å². The number of nitrogens with one attached hydrogen (secondary N) is 1. The van der Waals surface area contributed by atoms with Crippen molar-refractivity contribution in [2.45, 2.75) is 6.42 Å². The summed E-state index contributed by atoms with van der Waals surface area (Å²) in [5.41, 5.74) is 1.45. The number of anilines is 1. The van der Waals surface area contributed by atoms with Gasteiger partial charge in [0.2, 0.25) is 5.91 Å². The molecule has 0 atom stereocenters. The molecule has 4 rings (SSSR count). The first-order valence-electron chi connectivity index (χ1n) is 9.62. The van der Waals surface area contributed by atoms with E-state index in [1.165, 1.54) is 0 Å². The van der Waals surface area contributed by atoms with Crippen LogP contribution in [-0.2, 0) is 18.3 Å². The van der Waals surface area contributed by atoms with Crippen molar-refractivity contribution in [3.63, 3.8) is 0 Å². The van der Waals surface area contributed by atoms with Crippen LogP contribution in [0.25, 0.3) is 11.6 Å². The molecule has 11 nitrogen and oxygen atoms in total. The minimum atomic E-state index is 0. The number of guanidine groups is 1. The number of aromatic nitrogens is 5. The maximum Gasteiger partial charge on any atom is 0.276 e. The highest BCUT2D eigenvalue weighted by Gasteiger charge is 2.27. The number of pyridine rings is 1. The molecule has 1 saturated heterocycles.